The van der Waals surface area contributed by atoms with Gasteiger partial charge >= 0.3 is 12.1 Å². The molecule has 0 atom stereocenters. The van der Waals surface area contributed by atoms with Gasteiger partial charge in [0.05, 0.1) is 19.4 Å². The van der Waals surface area contributed by atoms with Gasteiger partial charge in [0.25, 0.3) is 0 Å². The van der Waals surface area contributed by atoms with Gasteiger partial charge < -0.3 is 14.7 Å². The van der Waals surface area contributed by atoms with Crippen LogP contribution >= 0.6 is 0 Å². The maximum absolute atomic E-state index is 11.7. The summed E-state index contributed by atoms with van der Waals surface area (Å²) >= 11 is 0. The van der Waals surface area contributed by atoms with Gasteiger partial charge in [0, 0.05) is 19.0 Å². The standard InChI is InChI=1S/C10H14F3NO4/c11-10(12,13)6-18-2-1-8(15)14-4-7(5-14)3-9(16)17/h7H,1-6H2,(H,16,17). The number of halogens is 3. The van der Waals surface area contributed by atoms with E-state index >= 15 is 0 Å². The highest BCUT2D eigenvalue weighted by Crippen LogP contribution is 2.20. The molecular weight excluding hydrogens is 255 g/mol. The minimum Gasteiger partial charge on any atom is -0.481 e. The Balaban J connectivity index is 2.07. The van der Waals surface area contributed by atoms with Gasteiger partial charge in [-0.05, 0) is 0 Å². The molecule has 5 nitrogen and oxygen atoms in total. The Kier molecular flexibility index (Phi) is 4.94. The molecule has 1 aliphatic heterocycles. The Morgan fingerprint density at radius 3 is 2.44 bits per heavy atom. The number of ether oxygens (including phenoxy) is 1. The minimum atomic E-state index is -4.38. The molecule has 1 amide bonds. The maximum atomic E-state index is 11.7. The van der Waals surface area contributed by atoms with Gasteiger partial charge in [-0.2, -0.15) is 13.2 Å². The number of hydrogen-bond acceptors (Lipinski definition) is 3. The summed E-state index contributed by atoms with van der Waals surface area (Å²) in [6.07, 6.45) is -4.49. The van der Waals surface area contributed by atoms with Crippen LogP contribution in [0.5, 0.6) is 0 Å². The van der Waals surface area contributed by atoms with E-state index in [0.717, 1.165) is 0 Å². The summed E-state index contributed by atoms with van der Waals surface area (Å²) in [6, 6.07) is 0. The molecule has 0 saturated carbocycles. The van der Waals surface area contributed by atoms with Crippen molar-refractivity contribution in [1.82, 2.24) is 4.90 Å². The number of alkyl halides is 3. The van der Waals surface area contributed by atoms with Gasteiger partial charge in [-0.15, -0.1) is 0 Å². The first-order chi connectivity index (χ1) is 8.28. The first kappa shape index (κ1) is 14.7. The molecule has 0 aromatic heterocycles. The summed E-state index contributed by atoms with van der Waals surface area (Å²) in [6.45, 7) is -0.935. The fourth-order valence-corrected chi connectivity index (χ4v) is 1.66. The number of rotatable bonds is 6. The summed E-state index contributed by atoms with van der Waals surface area (Å²) in [5.74, 6) is -1.28. The topological polar surface area (TPSA) is 66.8 Å². The van der Waals surface area contributed by atoms with Crippen molar-refractivity contribution in [3.8, 4) is 0 Å². The van der Waals surface area contributed by atoms with Crippen molar-refractivity contribution in [2.75, 3.05) is 26.3 Å². The first-order valence-corrected chi connectivity index (χ1v) is 5.42. The molecule has 1 aliphatic rings. The highest BCUT2D eigenvalue weighted by atomic mass is 19.4. The normalized spacial score (nSPS) is 16.5. The molecule has 1 heterocycles. The Morgan fingerprint density at radius 2 is 1.94 bits per heavy atom. The van der Waals surface area contributed by atoms with Gasteiger partial charge in [0.1, 0.15) is 6.61 Å². The summed E-state index contributed by atoms with van der Waals surface area (Å²) in [5.41, 5.74) is 0. The summed E-state index contributed by atoms with van der Waals surface area (Å²) < 4.78 is 39.5. The van der Waals surface area contributed by atoms with E-state index in [1.165, 1.54) is 4.90 Å². The van der Waals surface area contributed by atoms with E-state index in [0.29, 0.717) is 13.1 Å². The predicted molar refractivity (Wildman–Crippen MR) is 53.8 cm³/mol. The quantitative estimate of drug-likeness (QED) is 0.727. The van der Waals surface area contributed by atoms with Crippen molar-refractivity contribution < 1.29 is 32.6 Å². The highest BCUT2D eigenvalue weighted by molar-refractivity contribution is 5.77. The van der Waals surface area contributed by atoms with Crippen LogP contribution in [0.3, 0.4) is 0 Å². The van der Waals surface area contributed by atoms with E-state index in [4.69, 9.17) is 5.11 Å². The van der Waals surface area contributed by atoms with Crippen LogP contribution in [-0.2, 0) is 14.3 Å². The van der Waals surface area contributed by atoms with Gasteiger partial charge in [0.2, 0.25) is 5.91 Å². The van der Waals surface area contributed by atoms with Gasteiger partial charge in [-0.25, -0.2) is 0 Å². The molecule has 0 radical (unpaired) electrons. The third-order valence-electron chi connectivity index (χ3n) is 2.50. The van der Waals surface area contributed by atoms with Crippen LogP contribution < -0.4 is 0 Å². The first-order valence-electron chi connectivity index (χ1n) is 5.42. The largest absolute Gasteiger partial charge is 0.481 e. The molecule has 104 valence electrons. The Bertz CT molecular complexity index is 313. The van der Waals surface area contributed by atoms with Crippen molar-refractivity contribution in [1.29, 1.82) is 0 Å². The molecule has 1 rings (SSSR count). The molecule has 0 spiro atoms. The van der Waals surface area contributed by atoms with Gasteiger partial charge in [-0.1, -0.05) is 0 Å². The number of nitrogens with zero attached hydrogens (tertiary/aromatic N) is 1. The zero-order chi connectivity index (χ0) is 13.8. The number of carbonyl (C=O) groups excluding carboxylic acids is 1. The number of carbonyl (C=O) groups is 2. The molecule has 1 saturated heterocycles. The average molecular weight is 269 g/mol. The van der Waals surface area contributed by atoms with Crippen LogP contribution in [0, 0.1) is 5.92 Å². The number of aliphatic carboxylic acids is 1. The van der Waals surface area contributed by atoms with Crippen LogP contribution in [0.15, 0.2) is 0 Å². The molecule has 1 N–H and O–H groups in total. The molecule has 0 aromatic rings. The van der Waals surface area contributed by atoms with E-state index < -0.39 is 18.8 Å². The minimum absolute atomic E-state index is 0.00829. The van der Waals surface area contributed by atoms with Gasteiger partial charge in [-0.3, -0.25) is 9.59 Å². The molecule has 0 bridgehead atoms. The molecule has 18 heavy (non-hydrogen) atoms. The second kappa shape index (κ2) is 6.03. The molecule has 8 heteroatoms. The van der Waals surface area contributed by atoms with Crippen molar-refractivity contribution in [2.24, 2.45) is 5.92 Å². The zero-order valence-corrected chi connectivity index (χ0v) is 9.57. The van der Waals surface area contributed by atoms with Crippen LogP contribution in [0.2, 0.25) is 0 Å². The Hall–Kier alpha value is -1.31. The Labute approximate surface area is 102 Å². The van der Waals surface area contributed by atoms with Crippen LogP contribution in [-0.4, -0.2) is 54.4 Å². The molecule has 0 aromatic carbocycles. The Morgan fingerprint density at radius 1 is 1.33 bits per heavy atom. The van der Waals surface area contributed by atoms with Crippen molar-refractivity contribution in [3.05, 3.63) is 0 Å². The van der Waals surface area contributed by atoms with Crippen LogP contribution in [0.4, 0.5) is 13.2 Å². The van der Waals surface area contributed by atoms with Crippen LogP contribution in [0.25, 0.3) is 0 Å². The third-order valence-corrected chi connectivity index (χ3v) is 2.50. The monoisotopic (exact) mass is 269 g/mol. The van der Waals surface area contributed by atoms with E-state index in [1.807, 2.05) is 0 Å². The lowest BCUT2D eigenvalue weighted by Gasteiger charge is -2.38. The van der Waals surface area contributed by atoms with Crippen molar-refractivity contribution >= 4 is 11.9 Å². The van der Waals surface area contributed by atoms with Crippen molar-refractivity contribution in [2.45, 2.75) is 19.0 Å². The van der Waals surface area contributed by atoms with E-state index in [-0.39, 0.29) is 31.3 Å². The number of hydrogen-bond donors (Lipinski definition) is 1. The molecule has 0 aliphatic carbocycles. The average Bonchev–Trinajstić information content (AvgIpc) is 2.15. The SMILES string of the molecule is O=C(O)CC1CN(C(=O)CCOCC(F)(F)F)C1. The molecule has 1 fully saturated rings. The lowest BCUT2D eigenvalue weighted by atomic mass is 9.96. The fourth-order valence-electron chi connectivity index (χ4n) is 1.66. The number of likely N-dealkylation sites (tertiary alicyclic amines) is 1. The van der Waals surface area contributed by atoms with Crippen LogP contribution in [0.1, 0.15) is 12.8 Å². The summed E-state index contributed by atoms with van der Waals surface area (Å²) in [4.78, 5) is 23.2. The second-order valence-corrected chi connectivity index (χ2v) is 4.18. The molecule has 0 unspecified atom stereocenters. The predicted octanol–water partition coefficient (Wildman–Crippen LogP) is 0.889. The van der Waals surface area contributed by atoms with Gasteiger partial charge in [0.15, 0.2) is 0 Å². The smallest absolute Gasteiger partial charge is 0.411 e. The zero-order valence-electron chi connectivity index (χ0n) is 9.57. The highest BCUT2D eigenvalue weighted by Gasteiger charge is 2.32. The number of carboxylic acids is 1. The lowest BCUT2D eigenvalue weighted by Crippen LogP contribution is -2.50. The van der Waals surface area contributed by atoms with E-state index in [9.17, 15) is 22.8 Å². The second-order valence-electron chi connectivity index (χ2n) is 4.18. The fraction of sp³-hybridized carbons (Fsp3) is 0.800. The lowest BCUT2D eigenvalue weighted by molar-refractivity contribution is -0.175. The summed E-state index contributed by atoms with van der Waals surface area (Å²) in [5, 5.41) is 8.49. The third kappa shape index (κ3) is 5.35. The number of carboxylic acid groups (broad SMARTS) is 1. The van der Waals surface area contributed by atoms with E-state index in [1.54, 1.807) is 0 Å². The molecular formula is C10H14F3NO4. The maximum Gasteiger partial charge on any atom is 0.411 e. The summed E-state index contributed by atoms with van der Waals surface area (Å²) in [7, 11) is 0. The van der Waals surface area contributed by atoms with E-state index in [2.05, 4.69) is 4.74 Å². The number of amides is 1. The van der Waals surface area contributed by atoms with Crippen molar-refractivity contribution in [3.63, 3.8) is 0 Å².